The number of quaternary nitrogens is 1. The van der Waals surface area contributed by atoms with E-state index in [1.807, 2.05) is 57.6 Å². The molecule has 0 saturated heterocycles. The third-order valence-electron chi connectivity index (χ3n) is 9.44. The van der Waals surface area contributed by atoms with E-state index in [9.17, 15) is 19.5 Å². The number of aliphatic carboxylic acids is 1. The van der Waals surface area contributed by atoms with Crippen LogP contribution in [0.4, 0.5) is 0 Å². The lowest BCUT2D eigenvalue weighted by molar-refractivity contribution is -0.887. The highest BCUT2D eigenvalue weighted by atomic mass is 16.6. The second-order valence-corrected chi connectivity index (χ2v) is 15.7. The van der Waals surface area contributed by atoms with Gasteiger partial charge in [0.2, 0.25) is 0 Å². The Bertz CT molecular complexity index is 1140. The molecule has 0 aromatic carbocycles. The number of esters is 2. The second-order valence-electron chi connectivity index (χ2n) is 15.7. The van der Waals surface area contributed by atoms with E-state index in [0.29, 0.717) is 19.3 Å². The van der Waals surface area contributed by atoms with Gasteiger partial charge in [0, 0.05) is 19.3 Å². The molecular formula is C48H82NO7+. The molecule has 2 unspecified atom stereocenters. The van der Waals surface area contributed by atoms with Crippen molar-refractivity contribution in [3.8, 4) is 0 Å². The number of unbranched alkanes of at least 4 members (excludes halogenated alkanes) is 16. The average Bonchev–Trinajstić information content (AvgIpc) is 3.15. The van der Waals surface area contributed by atoms with Gasteiger partial charge in [-0.25, -0.2) is 4.79 Å². The van der Waals surface area contributed by atoms with Gasteiger partial charge >= 0.3 is 17.9 Å². The van der Waals surface area contributed by atoms with E-state index in [2.05, 4.69) is 50.3 Å². The van der Waals surface area contributed by atoms with Gasteiger partial charge in [-0.1, -0.05) is 157 Å². The molecule has 0 aliphatic carbocycles. The van der Waals surface area contributed by atoms with Gasteiger partial charge in [0.1, 0.15) is 6.61 Å². The SMILES string of the molecule is CCC/C=C/C=C/C=C/C=C/C=C/CCCCCCCC(=O)OCC(COCCC(C(=O)O)[N+](C)(C)C)OC(=O)CCCCC/C=C/CCCCCCCCC. The maximum atomic E-state index is 12.7. The first-order valence-electron chi connectivity index (χ1n) is 22.0. The predicted molar refractivity (Wildman–Crippen MR) is 233 cm³/mol. The number of rotatable bonds is 38. The Morgan fingerprint density at radius 3 is 1.54 bits per heavy atom. The van der Waals surface area contributed by atoms with Crippen molar-refractivity contribution in [3.05, 3.63) is 72.9 Å². The summed E-state index contributed by atoms with van der Waals surface area (Å²) in [6.07, 6.45) is 47.9. The molecule has 320 valence electrons. The molecule has 8 nitrogen and oxygen atoms in total. The number of hydrogen-bond donors (Lipinski definition) is 1. The number of likely N-dealkylation sites (N-methyl/N-ethyl adjacent to an activating group) is 1. The first-order valence-corrected chi connectivity index (χ1v) is 22.0. The Hall–Kier alpha value is -3.23. The molecule has 0 aromatic rings. The Morgan fingerprint density at radius 2 is 1.00 bits per heavy atom. The van der Waals surface area contributed by atoms with Gasteiger partial charge in [-0.3, -0.25) is 9.59 Å². The topological polar surface area (TPSA) is 99.1 Å². The molecule has 0 bridgehead atoms. The zero-order chi connectivity index (χ0) is 41.4. The molecule has 0 aliphatic heterocycles. The van der Waals surface area contributed by atoms with E-state index in [-0.39, 0.29) is 36.2 Å². The smallest absolute Gasteiger partial charge is 0.362 e. The summed E-state index contributed by atoms with van der Waals surface area (Å²) >= 11 is 0. The number of carboxylic acid groups (broad SMARTS) is 1. The standard InChI is InChI=1S/C48H81NO7/c1-6-8-10-12-14-16-18-20-22-23-24-25-27-28-30-32-34-36-38-46(50)55-43-44(42-54-41-40-45(48(52)53)49(3,4)5)56-47(51)39-37-35-33-31-29-26-21-19-17-15-13-11-9-7-2/h10,12,14,16,18,20,22-26,29,44-45H,6-9,11,13,15,17,19,21,27-28,30-43H2,1-5H3/p+1/b12-10+,16-14+,20-18+,23-22+,25-24+,29-26+. The van der Waals surface area contributed by atoms with Gasteiger partial charge in [-0.2, -0.15) is 0 Å². The minimum absolute atomic E-state index is 0.0430. The third kappa shape index (κ3) is 36.4. The van der Waals surface area contributed by atoms with Crippen LogP contribution in [0.25, 0.3) is 0 Å². The lowest BCUT2D eigenvalue weighted by Crippen LogP contribution is -2.50. The lowest BCUT2D eigenvalue weighted by atomic mass is 10.1. The van der Waals surface area contributed by atoms with Crippen LogP contribution in [-0.2, 0) is 28.6 Å². The minimum atomic E-state index is -0.884. The van der Waals surface area contributed by atoms with Crippen LogP contribution >= 0.6 is 0 Å². The molecule has 8 heteroatoms. The summed E-state index contributed by atoms with van der Waals surface area (Å²) < 4.78 is 17.2. The fourth-order valence-corrected chi connectivity index (χ4v) is 6.00. The van der Waals surface area contributed by atoms with Gasteiger partial charge in [-0.05, 0) is 57.8 Å². The van der Waals surface area contributed by atoms with Crippen molar-refractivity contribution in [2.75, 3.05) is 41.0 Å². The zero-order valence-corrected chi connectivity index (χ0v) is 36.3. The highest BCUT2D eigenvalue weighted by Gasteiger charge is 2.31. The van der Waals surface area contributed by atoms with Crippen LogP contribution in [0.3, 0.4) is 0 Å². The largest absolute Gasteiger partial charge is 0.477 e. The molecule has 0 rings (SSSR count). The van der Waals surface area contributed by atoms with Crippen molar-refractivity contribution in [2.24, 2.45) is 0 Å². The average molecular weight is 785 g/mol. The van der Waals surface area contributed by atoms with Crippen LogP contribution in [0.15, 0.2) is 72.9 Å². The Labute approximate surface area is 342 Å². The zero-order valence-electron chi connectivity index (χ0n) is 36.3. The molecule has 2 atom stereocenters. The van der Waals surface area contributed by atoms with E-state index in [1.165, 1.54) is 51.4 Å². The number of hydrogen-bond acceptors (Lipinski definition) is 6. The summed E-state index contributed by atoms with van der Waals surface area (Å²) in [4.78, 5) is 37.0. The van der Waals surface area contributed by atoms with Crippen LogP contribution in [0.2, 0.25) is 0 Å². The van der Waals surface area contributed by atoms with Gasteiger partial charge in [0.05, 0.1) is 34.4 Å². The Morgan fingerprint density at radius 1 is 0.536 bits per heavy atom. The highest BCUT2D eigenvalue weighted by Crippen LogP contribution is 2.13. The van der Waals surface area contributed by atoms with E-state index in [1.54, 1.807) is 0 Å². The number of nitrogens with zero attached hydrogens (tertiary/aromatic N) is 1. The van der Waals surface area contributed by atoms with Gasteiger partial charge < -0.3 is 23.8 Å². The molecule has 0 amide bonds. The molecule has 0 heterocycles. The summed E-state index contributed by atoms with van der Waals surface area (Å²) in [5.41, 5.74) is 0. The van der Waals surface area contributed by atoms with Gasteiger partial charge in [0.25, 0.3) is 0 Å². The third-order valence-corrected chi connectivity index (χ3v) is 9.44. The Balaban J connectivity index is 4.44. The van der Waals surface area contributed by atoms with Crippen LogP contribution < -0.4 is 0 Å². The fourth-order valence-electron chi connectivity index (χ4n) is 6.00. The van der Waals surface area contributed by atoms with Crippen LogP contribution in [-0.4, -0.2) is 80.6 Å². The van der Waals surface area contributed by atoms with Crippen molar-refractivity contribution < 1.29 is 38.2 Å². The van der Waals surface area contributed by atoms with Crippen molar-refractivity contribution in [1.82, 2.24) is 0 Å². The van der Waals surface area contributed by atoms with Gasteiger partial charge in [0.15, 0.2) is 12.1 Å². The molecule has 1 N–H and O–H groups in total. The molecule has 56 heavy (non-hydrogen) atoms. The van der Waals surface area contributed by atoms with Gasteiger partial charge in [-0.15, -0.1) is 0 Å². The quantitative estimate of drug-likeness (QED) is 0.0219. The number of allylic oxidation sites excluding steroid dienone is 12. The maximum Gasteiger partial charge on any atom is 0.362 e. The number of carbonyl (C=O) groups excluding carboxylic acids is 2. The molecule has 0 saturated carbocycles. The monoisotopic (exact) mass is 785 g/mol. The van der Waals surface area contributed by atoms with Crippen molar-refractivity contribution in [1.29, 1.82) is 0 Å². The molecule has 0 radical (unpaired) electrons. The molecular weight excluding hydrogens is 703 g/mol. The molecule has 0 fully saturated rings. The highest BCUT2D eigenvalue weighted by molar-refractivity contribution is 5.72. The van der Waals surface area contributed by atoms with Crippen LogP contribution in [0.5, 0.6) is 0 Å². The summed E-state index contributed by atoms with van der Waals surface area (Å²) in [7, 11) is 5.50. The minimum Gasteiger partial charge on any atom is -0.477 e. The molecule has 0 aromatic heterocycles. The van der Waals surface area contributed by atoms with E-state index in [4.69, 9.17) is 14.2 Å². The predicted octanol–water partition coefficient (Wildman–Crippen LogP) is 12.0. The normalized spacial score (nSPS) is 13.7. The molecule has 0 spiro atoms. The second kappa shape index (κ2) is 38.6. The number of carbonyl (C=O) groups is 3. The fraction of sp³-hybridized carbons (Fsp3) is 0.688. The molecule has 0 aliphatic rings. The number of ether oxygens (including phenoxy) is 3. The lowest BCUT2D eigenvalue weighted by Gasteiger charge is -2.31. The summed E-state index contributed by atoms with van der Waals surface area (Å²) in [6, 6.07) is -0.624. The summed E-state index contributed by atoms with van der Waals surface area (Å²) in [5, 5.41) is 9.62. The Kier molecular flexibility index (Phi) is 36.4. The van der Waals surface area contributed by atoms with E-state index in [0.717, 1.165) is 77.0 Å². The van der Waals surface area contributed by atoms with Crippen LogP contribution in [0.1, 0.15) is 162 Å². The number of carboxylic acids is 1. The van der Waals surface area contributed by atoms with Crippen molar-refractivity contribution in [2.45, 2.75) is 174 Å². The van der Waals surface area contributed by atoms with E-state index < -0.39 is 18.1 Å². The van der Waals surface area contributed by atoms with Crippen LogP contribution in [0, 0.1) is 0 Å². The maximum absolute atomic E-state index is 12.7. The first kappa shape index (κ1) is 52.8. The summed E-state index contributed by atoms with van der Waals surface area (Å²) in [6.45, 7) is 4.59. The van der Waals surface area contributed by atoms with E-state index >= 15 is 0 Å². The first-order chi connectivity index (χ1) is 27.1. The van der Waals surface area contributed by atoms with Crippen molar-refractivity contribution in [3.63, 3.8) is 0 Å². The summed E-state index contributed by atoms with van der Waals surface area (Å²) in [5.74, 6) is -1.53. The van der Waals surface area contributed by atoms with Crippen molar-refractivity contribution >= 4 is 17.9 Å².